The van der Waals surface area contributed by atoms with Gasteiger partial charge in [-0.15, -0.1) is 0 Å². The van der Waals surface area contributed by atoms with Crippen molar-refractivity contribution in [3.8, 4) is 11.5 Å². The van der Waals surface area contributed by atoms with E-state index in [1.807, 2.05) is 0 Å². The third-order valence-corrected chi connectivity index (χ3v) is 5.41. The van der Waals surface area contributed by atoms with Crippen LogP contribution in [0.3, 0.4) is 0 Å². The summed E-state index contributed by atoms with van der Waals surface area (Å²) in [6.45, 7) is 0. The monoisotopic (exact) mass is 396 g/mol. The lowest BCUT2D eigenvalue weighted by Crippen LogP contribution is -2.14. The Morgan fingerprint density at radius 2 is 1.85 bits per heavy atom. The molecule has 0 aliphatic rings. The van der Waals surface area contributed by atoms with Crippen molar-refractivity contribution in [2.45, 2.75) is 4.90 Å². The lowest BCUT2D eigenvalue weighted by molar-refractivity contribution is 0.396. The average molecular weight is 397 g/mol. The number of nitrogens with zero attached hydrogens (tertiary/aromatic N) is 1. The molecule has 3 aromatic rings. The van der Waals surface area contributed by atoms with Crippen LogP contribution in [-0.4, -0.2) is 27.6 Å². The molecule has 0 saturated carbocycles. The second kappa shape index (κ2) is 6.97. The van der Waals surface area contributed by atoms with Crippen LogP contribution in [-0.2, 0) is 10.0 Å². The number of hydrogen-bond donors (Lipinski definition) is 1. The summed E-state index contributed by atoms with van der Waals surface area (Å²) in [5.74, 6) is -0.0492. The number of nitrogens with one attached hydrogen (secondary N) is 1. The van der Waals surface area contributed by atoms with Gasteiger partial charge in [0.2, 0.25) is 0 Å². The van der Waals surface area contributed by atoms with E-state index >= 15 is 0 Å². The van der Waals surface area contributed by atoms with E-state index in [1.54, 1.807) is 0 Å². The average Bonchev–Trinajstić information content (AvgIpc) is 2.62. The zero-order valence-electron chi connectivity index (χ0n) is 13.8. The summed E-state index contributed by atoms with van der Waals surface area (Å²) in [4.78, 5) is 3.79. The summed E-state index contributed by atoms with van der Waals surface area (Å²) in [6, 6.07) is 8.09. The van der Waals surface area contributed by atoms with Crippen LogP contribution in [0, 0.1) is 5.82 Å². The van der Waals surface area contributed by atoms with Crippen molar-refractivity contribution in [1.29, 1.82) is 0 Å². The molecule has 26 heavy (non-hydrogen) atoms. The van der Waals surface area contributed by atoms with Crippen molar-refractivity contribution in [2.75, 3.05) is 18.9 Å². The highest BCUT2D eigenvalue weighted by Gasteiger charge is 2.22. The highest BCUT2D eigenvalue weighted by atomic mass is 35.5. The number of anilines is 1. The van der Waals surface area contributed by atoms with Gasteiger partial charge < -0.3 is 9.47 Å². The first kappa shape index (κ1) is 18.2. The quantitative estimate of drug-likeness (QED) is 0.708. The first-order chi connectivity index (χ1) is 12.4. The molecule has 136 valence electrons. The molecule has 0 aliphatic heterocycles. The van der Waals surface area contributed by atoms with E-state index in [1.165, 1.54) is 50.7 Å². The van der Waals surface area contributed by atoms with Crippen molar-refractivity contribution in [1.82, 2.24) is 4.98 Å². The Balaban J connectivity index is 2.12. The predicted octanol–water partition coefficient (Wildman–Crippen LogP) is 3.85. The fourth-order valence-corrected chi connectivity index (χ4v) is 3.99. The van der Waals surface area contributed by atoms with E-state index < -0.39 is 15.8 Å². The van der Waals surface area contributed by atoms with Gasteiger partial charge in [-0.05, 0) is 30.3 Å². The molecular formula is C17H14ClFN2O4S. The van der Waals surface area contributed by atoms with Crippen molar-refractivity contribution >= 4 is 38.2 Å². The fraction of sp³-hybridized carbons (Fsp3) is 0.118. The van der Waals surface area contributed by atoms with Crippen LogP contribution in [0.4, 0.5) is 10.1 Å². The molecule has 0 fully saturated rings. The molecule has 0 saturated heterocycles. The molecule has 1 heterocycles. The Morgan fingerprint density at radius 3 is 2.54 bits per heavy atom. The number of sulfonamides is 1. The number of benzene rings is 2. The molecule has 3 rings (SSSR count). The van der Waals surface area contributed by atoms with E-state index in [4.69, 9.17) is 21.1 Å². The molecule has 0 amide bonds. The van der Waals surface area contributed by atoms with Crippen LogP contribution >= 0.6 is 11.6 Å². The molecule has 0 radical (unpaired) electrons. The van der Waals surface area contributed by atoms with Crippen LogP contribution < -0.4 is 14.2 Å². The number of fused-ring (bicyclic) bond motifs is 1. The smallest absolute Gasteiger partial charge is 0.262 e. The maximum Gasteiger partial charge on any atom is 0.262 e. The minimum Gasteiger partial charge on any atom is -0.495 e. The third kappa shape index (κ3) is 3.25. The van der Waals surface area contributed by atoms with Gasteiger partial charge in [-0.1, -0.05) is 11.6 Å². The second-order valence-electron chi connectivity index (χ2n) is 5.24. The van der Waals surface area contributed by atoms with Gasteiger partial charge in [0.25, 0.3) is 10.0 Å². The first-order valence-electron chi connectivity index (χ1n) is 7.35. The number of pyridine rings is 1. The fourth-order valence-electron chi connectivity index (χ4n) is 2.49. The highest BCUT2D eigenvalue weighted by molar-refractivity contribution is 7.93. The van der Waals surface area contributed by atoms with E-state index in [0.29, 0.717) is 5.75 Å². The molecule has 0 bridgehead atoms. The van der Waals surface area contributed by atoms with Gasteiger partial charge in [-0.2, -0.15) is 0 Å². The Labute approximate surface area is 154 Å². The van der Waals surface area contributed by atoms with Gasteiger partial charge >= 0.3 is 0 Å². The van der Waals surface area contributed by atoms with Crippen LogP contribution in [0.25, 0.3) is 10.9 Å². The Bertz CT molecular complexity index is 1090. The van der Waals surface area contributed by atoms with Crippen LogP contribution in [0.5, 0.6) is 11.5 Å². The SMILES string of the molecule is COc1cc(OC)c(NS(=O)(=O)c2ccc(F)c3ncccc23)cc1Cl. The highest BCUT2D eigenvalue weighted by Crippen LogP contribution is 2.37. The molecular weight excluding hydrogens is 383 g/mol. The van der Waals surface area contributed by atoms with Crippen molar-refractivity contribution in [3.05, 3.63) is 53.4 Å². The Kier molecular flexibility index (Phi) is 4.88. The number of aromatic nitrogens is 1. The van der Waals surface area contributed by atoms with Gasteiger partial charge in [-0.25, -0.2) is 12.8 Å². The summed E-state index contributed by atoms with van der Waals surface area (Å²) >= 11 is 6.07. The first-order valence-corrected chi connectivity index (χ1v) is 9.21. The molecule has 0 atom stereocenters. The lowest BCUT2D eigenvalue weighted by atomic mass is 10.2. The third-order valence-electron chi connectivity index (χ3n) is 3.69. The van der Waals surface area contributed by atoms with Gasteiger partial charge in [0.1, 0.15) is 22.8 Å². The standard InChI is InChI=1S/C17H14ClFN2O4S/c1-24-14-9-15(25-2)13(8-11(14)18)21-26(22,23)16-6-5-12(19)17-10(16)4-3-7-20-17/h3-9,21H,1-2H3. The van der Waals surface area contributed by atoms with E-state index in [2.05, 4.69) is 9.71 Å². The normalized spacial score (nSPS) is 11.4. The topological polar surface area (TPSA) is 77.5 Å². The minimum atomic E-state index is -4.06. The lowest BCUT2D eigenvalue weighted by Gasteiger charge is -2.15. The van der Waals surface area contributed by atoms with Crippen molar-refractivity contribution in [2.24, 2.45) is 0 Å². The molecule has 9 heteroatoms. The number of methoxy groups -OCH3 is 2. The molecule has 0 spiro atoms. The zero-order valence-corrected chi connectivity index (χ0v) is 15.4. The molecule has 0 aliphatic carbocycles. The molecule has 0 unspecified atom stereocenters. The number of hydrogen-bond acceptors (Lipinski definition) is 5. The molecule has 1 N–H and O–H groups in total. The summed E-state index contributed by atoms with van der Waals surface area (Å²) in [7, 11) is -1.24. The predicted molar refractivity (Wildman–Crippen MR) is 97.1 cm³/mol. The second-order valence-corrected chi connectivity index (χ2v) is 7.30. The van der Waals surface area contributed by atoms with Gasteiger partial charge in [0.15, 0.2) is 0 Å². The minimum absolute atomic E-state index is 0.0323. The molecule has 1 aromatic heterocycles. The maximum absolute atomic E-state index is 13.9. The molecule has 2 aromatic carbocycles. The Hall–Kier alpha value is -2.58. The largest absolute Gasteiger partial charge is 0.495 e. The van der Waals surface area contributed by atoms with E-state index in [9.17, 15) is 12.8 Å². The summed E-state index contributed by atoms with van der Waals surface area (Å²) in [6.07, 6.45) is 1.39. The van der Waals surface area contributed by atoms with Gasteiger partial charge in [0, 0.05) is 17.6 Å². The van der Waals surface area contributed by atoms with E-state index in [-0.39, 0.29) is 32.3 Å². The zero-order chi connectivity index (χ0) is 18.9. The van der Waals surface area contributed by atoms with Crippen LogP contribution in [0.2, 0.25) is 5.02 Å². The summed E-state index contributed by atoms with van der Waals surface area (Å²) < 4.78 is 52.3. The van der Waals surface area contributed by atoms with Crippen molar-refractivity contribution in [3.63, 3.8) is 0 Å². The number of ether oxygens (including phenoxy) is 2. The van der Waals surface area contributed by atoms with Crippen molar-refractivity contribution < 1.29 is 22.3 Å². The van der Waals surface area contributed by atoms with Gasteiger partial charge in [-0.3, -0.25) is 9.71 Å². The maximum atomic E-state index is 13.9. The van der Waals surface area contributed by atoms with E-state index in [0.717, 1.165) is 6.07 Å². The summed E-state index contributed by atoms with van der Waals surface area (Å²) in [5, 5.41) is 0.371. The Morgan fingerprint density at radius 1 is 1.12 bits per heavy atom. The number of rotatable bonds is 5. The van der Waals surface area contributed by atoms with Crippen LogP contribution in [0.15, 0.2) is 47.5 Å². The molecule has 6 nitrogen and oxygen atoms in total. The summed E-state index contributed by atoms with van der Waals surface area (Å²) in [5.41, 5.74) is 0.0924. The van der Waals surface area contributed by atoms with Crippen LogP contribution in [0.1, 0.15) is 0 Å². The number of halogens is 2. The van der Waals surface area contributed by atoms with Gasteiger partial charge in [0.05, 0.1) is 29.8 Å².